The minimum atomic E-state index is -0.316. The standard InChI is InChI=1S/C19H33NO/c1-4-5-6-7-8-9-10-19(21)18(14-20)17-12-11-15(2)16(3)13-17/h11-13,18-19,21H,4-10,14,20H2,1-3H3. The Morgan fingerprint density at radius 1 is 1.00 bits per heavy atom. The van der Waals surface area contributed by atoms with Gasteiger partial charge in [-0.2, -0.15) is 0 Å². The minimum absolute atomic E-state index is 0.0694. The summed E-state index contributed by atoms with van der Waals surface area (Å²) < 4.78 is 0. The van der Waals surface area contributed by atoms with E-state index in [0.717, 1.165) is 12.8 Å². The molecule has 0 bridgehead atoms. The number of hydrogen-bond acceptors (Lipinski definition) is 2. The van der Waals surface area contributed by atoms with Crippen LogP contribution in [0.1, 0.15) is 74.5 Å². The Bertz CT molecular complexity index is 403. The SMILES string of the molecule is CCCCCCCCC(O)C(CN)c1ccc(C)c(C)c1. The molecule has 1 rings (SSSR count). The summed E-state index contributed by atoms with van der Waals surface area (Å²) in [6, 6.07) is 6.42. The third-order valence-corrected chi connectivity index (χ3v) is 4.53. The predicted octanol–water partition coefficient (Wildman–Crippen LogP) is 4.46. The van der Waals surface area contributed by atoms with Crippen molar-refractivity contribution in [3.05, 3.63) is 34.9 Å². The van der Waals surface area contributed by atoms with Crippen LogP contribution in [0.5, 0.6) is 0 Å². The second kappa shape index (κ2) is 9.97. The predicted molar refractivity (Wildman–Crippen MR) is 91.7 cm³/mol. The normalized spacial score (nSPS) is 14.1. The molecule has 1 aromatic rings. The Kier molecular flexibility index (Phi) is 8.63. The molecule has 0 heterocycles. The fraction of sp³-hybridized carbons (Fsp3) is 0.684. The summed E-state index contributed by atoms with van der Waals surface area (Å²) >= 11 is 0. The van der Waals surface area contributed by atoms with Gasteiger partial charge < -0.3 is 10.8 Å². The van der Waals surface area contributed by atoms with Crippen molar-refractivity contribution < 1.29 is 5.11 Å². The first-order valence-electron chi connectivity index (χ1n) is 8.55. The Labute approximate surface area is 130 Å². The number of nitrogens with two attached hydrogens (primary N) is 1. The van der Waals surface area contributed by atoms with E-state index in [1.807, 2.05) is 0 Å². The molecule has 0 spiro atoms. The first-order chi connectivity index (χ1) is 10.1. The largest absolute Gasteiger partial charge is 0.392 e. The summed E-state index contributed by atoms with van der Waals surface area (Å²) in [6.45, 7) is 6.98. The van der Waals surface area contributed by atoms with Crippen LogP contribution in [-0.2, 0) is 0 Å². The van der Waals surface area contributed by atoms with E-state index in [1.165, 1.54) is 48.8 Å². The lowest BCUT2D eigenvalue weighted by molar-refractivity contribution is 0.132. The maximum Gasteiger partial charge on any atom is 0.0620 e. The molecule has 120 valence electrons. The van der Waals surface area contributed by atoms with Crippen LogP contribution in [-0.4, -0.2) is 17.8 Å². The molecule has 0 fully saturated rings. The maximum atomic E-state index is 10.4. The van der Waals surface area contributed by atoms with E-state index in [1.54, 1.807) is 0 Å². The average molecular weight is 291 g/mol. The molecule has 0 aromatic heterocycles. The topological polar surface area (TPSA) is 46.2 Å². The van der Waals surface area contributed by atoms with Gasteiger partial charge in [-0.05, 0) is 37.0 Å². The molecule has 2 atom stereocenters. The molecule has 0 saturated heterocycles. The molecule has 1 aromatic carbocycles. The molecule has 0 saturated carbocycles. The highest BCUT2D eigenvalue weighted by molar-refractivity contribution is 5.32. The van der Waals surface area contributed by atoms with Crippen LogP contribution in [0.25, 0.3) is 0 Å². The van der Waals surface area contributed by atoms with Crippen molar-refractivity contribution >= 4 is 0 Å². The molecule has 0 amide bonds. The average Bonchev–Trinajstić information content (AvgIpc) is 2.47. The van der Waals surface area contributed by atoms with Gasteiger partial charge in [0.2, 0.25) is 0 Å². The molecule has 3 N–H and O–H groups in total. The Morgan fingerprint density at radius 2 is 1.67 bits per heavy atom. The third kappa shape index (κ3) is 6.19. The van der Waals surface area contributed by atoms with E-state index < -0.39 is 0 Å². The number of benzene rings is 1. The van der Waals surface area contributed by atoms with Gasteiger partial charge in [0.1, 0.15) is 0 Å². The molecule has 2 unspecified atom stereocenters. The van der Waals surface area contributed by atoms with Crippen molar-refractivity contribution in [2.24, 2.45) is 5.73 Å². The van der Waals surface area contributed by atoms with E-state index in [4.69, 9.17) is 5.73 Å². The highest BCUT2D eigenvalue weighted by Gasteiger charge is 2.19. The van der Waals surface area contributed by atoms with Gasteiger partial charge in [0.15, 0.2) is 0 Å². The fourth-order valence-electron chi connectivity index (χ4n) is 2.85. The summed E-state index contributed by atoms with van der Waals surface area (Å²) in [4.78, 5) is 0. The van der Waals surface area contributed by atoms with E-state index >= 15 is 0 Å². The Balaban J connectivity index is 2.45. The van der Waals surface area contributed by atoms with Gasteiger partial charge in [-0.15, -0.1) is 0 Å². The van der Waals surface area contributed by atoms with Crippen molar-refractivity contribution in [1.29, 1.82) is 0 Å². The molecule has 0 radical (unpaired) electrons. The molecule has 0 aliphatic rings. The molecule has 21 heavy (non-hydrogen) atoms. The van der Waals surface area contributed by atoms with Crippen LogP contribution >= 0.6 is 0 Å². The van der Waals surface area contributed by atoms with Crippen LogP contribution in [0, 0.1) is 13.8 Å². The lowest BCUT2D eigenvalue weighted by Crippen LogP contribution is -2.26. The number of aliphatic hydroxyl groups excluding tert-OH is 1. The zero-order valence-electron chi connectivity index (χ0n) is 14.1. The van der Waals surface area contributed by atoms with Crippen LogP contribution in [0.15, 0.2) is 18.2 Å². The Hall–Kier alpha value is -0.860. The van der Waals surface area contributed by atoms with Gasteiger partial charge in [-0.1, -0.05) is 63.6 Å². The number of hydrogen-bond donors (Lipinski definition) is 2. The lowest BCUT2D eigenvalue weighted by atomic mass is 9.88. The second-order valence-corrected chi connectivity index (χ2v) is 6.31. The van der Waals surface area contributed by atoms with Crippen molar-refractivity contribution in [2.75, 3.05) is 6.54 Å². The van der Waals surface area contributed by atoms with E-state index in [0.29, 0.717) is 6.54 Å². The smallest absolute Gasteiger partial charge is 0.0620 e. The van der Waals surface area contributed by atoms with Crippen LogP contribution in [0.4, 0.5) is 0 Å². The molecule has 2 heteroatoms. The van der Waals surface area contributed by atoms with Crippen LogP contribution in [0.3, 0.4) is 0 Å². The van der Waals surface area contributed by atoms with Crippen molar-refractivity contribution in [2.45, 2.75) is 77.7 Å². The second-order valence-electron chi connectivity index (χ2n) is 6.31. The first kappa shape index (κ1) is 18.2. The molecule has 2 nitrogen and oxygen atoms in total. The molecule has 0 aliphatic heterocycles. The zero-order valence-corrected chi connectivity index (χ0v) is 14.1. The number of rotatable bonds is 10. The van der Waals surface area contributed by atoms with Crippen molar-refractivity contribution in [3.63, 3.8) is 0 Å². The zero-order chi connectivity index (χ0) is 15.7. The molecular weight excluding hydrogens is 258 g/mol. The Morgan fingerprint density at radius 3 is 2.29 bits per heavy atom. The van der Waals surface area contributed by atoms with Gasteiger partial charge in [0, 0.05) is 12.5 Å². The van der Waals surface area contributed by atoms with Gasteiger partial charge in [0.05, 0.1) is 6.10 Å². The monoisotopic (exact) mass is 291 g/mol. The summed E-state index contributed by atoms with van der Waals surface area (Å²) in [6.07, 6.45) is 8.10. The highest BCUT2D eigenvalue weighted by Crippen LogP contribution is 2.24. The van der Waals surface area contributed by atoms with Crippen LogP contribution < -0.4 is 5.73 Å². The molecular formula is C19H33NO. The third-order valence-electron chi connectivity index (χ3n) is 4.53. The van der Waals surface area contributed by atoms with E-state index in [2.05, 4.69) is 39.0 Å². The fourth-order valence-corrected chi connectivity index (χ4v) is 2.85. The number of aliphatic hydroxyl groups is 1. The van der Waals surface area contributed by atoms with E-state index in [9.17, 15) is 5.11 Å². The van der Waals surface area contributed by atoms with Crippen molar-refractivity contribution in [1.82, 2.24) is 0 Å². The van der Waals surface area contributed by atoms with Crippen molar-refractivity contribution in [3.8, 4) is 0 Å². The summed E-state index contributed by atoms with van der Waals surface area (Å²) in [5.74, 6) is 0.0694. The number of unbranched alkanes of at least 4 members (excludes halogenated alkanes) is 5. The number of aryl methyl sites for hydroxylation is 2. The van der Waals surface area contributed by atoms with Gasteiger partial charge >= 0.3 is 0 Å². The summed E-state index contributed by atoms with van der Waals surface area (Å²) in [7, 11) is 0. The summed E-state index contributed by atoms with van der Waals surface area (Å²) in [5, 5.41) is 10.4. The van der Waals surface area contributed by atoms with Gasteiger partial charge in [-0.25, -0.2) is 0 Å². The highest BCUT2D eigenvalue weighted by atomic mass is 16.3. The lowest BCUT2D eigenvalue weighted by Gasteiger charge is -2.22. The minimum Gasteiger partial charge on any atom is -0.392 e. The maximum absolute atomic E-state index is 10.4. The quantitative estimate of drug-likeness (QED) is 0.625. The van der Waals surface area contributed by atoms with E-state index in [-0.39, 0.29) is 12.0 Å². The van der Waals surface area contributed by atoms with Gasteiger partial charge in [-0.3, -0.25) is 0 Å². The van der Waals surface area contributed by atoms with Gasteiger partial charge in [0.25, 0.3) is 0 Å². The first-order valence-corrected chi connectivity index (χ1v) is 8.55. The van der Waals surface area contributed by atoms with Crippen LogP contribution in [0.2, 0.25) is 0 Å². The molecule has 0 aliphatic carbocycles. The summed E-state index contributed by atoms with van der Waals surface area (Å²) in [5.41, 5.74) is 9.65.